The van der Waals surface area contributed by atoms with Gasteiger partial charge in [-0.15, -0.1) is 0 Å². The van der Waals surface area contributed by atoms with Gasteiger partial charge in [0.15, 0.2) is 6.29 Å². The molecule has 0 radical (unpaired) electrons. The van der Waals surface area contributed by atoms with Crippen molar-refractivity contribution in [1.82, 2.24) is 0 Å². The Balaban J connectivity index is 2.07. The Hall–Kier alpha value is -2.83. The molecule has 2 rings (SSSR count). The lowest BCUT2D eigenvalue weighted by atomic mass is 10.2. The average Bonchev–Trinajstić information content (AvgIpc) is 2.74. The van der Waals surface area contributed by atoms with E-state index in [2.05, 4.69) is 0 Å². The van der Waals surface area contributed by atoms with Crippen molar-refractivity contribution in [3.63, 3.8) is 0 Å². The largest absolute Gasteiger partial charge is 0.488 e. The Kier molecular flexibility index (Phi) is 9.75. The highest BCUT2D eigenvalue weighted by Gasteiger charge is 2.14. The maximum absolute atomic E-state index is 12.3. The zero-order valence-electron chi connectivity index (χ0n) is 17.1. The molecule has 0 N–H and O–H groups in total. The van der Waals surface area contributed by atoms with Crippen LogP contribution in [-0.2, 0) is 19.0 Å². The van der Waals surface area contributed by atoms with Crippen LogP contribution in [0.2, 0.25) is 0 Å². The Labute approximate surface area is 172 Å². The van der Waals surface area contributed by atoms with Crippen LogP contribution in [0.15, 0.2) is 60.4 Å². The molecule has 0 spiro atoms. The predicted molar refractivity (Wildman–Crippen MR) is 111 cm³/mol. The summed E-state index contributed by atoms with van der Waals surface area (Å²) in [5.74, 6) is 0.824. The standard InChI is InChI=1S/C23H28O6/c1-4-25-22(26-5-2)17-28-19-14-12-18(13-15-19)16-21(23(24)27-6-3)29-20-10-8-7-9-11-20/h7-16,22H,4-6,17H2,1-3H3. The number of esters is 1. The fourth-order valence-electron chi connectivity index (χ4n) is 2.44. The van der Waals surface area contributed by atoms with E-state index in [0.717, 1.165) is 5.56 Å². The van der Waals surface area contributed by atoms with E-state index in [1.807, 2.05) is 56.3 Å². The summed E-state index contributed by atoms with van der Waals surface area (Å²) in [5, 5.41) is 0. The van der Waals surface area contributed by atoms with Crippen LogP contribution in [0.25, 0.3) is 6.08 Å². The Morgan fingerprint density at radius 1 is 0.862 bits per heavy atom. The topological polar surface area (TPSA) is 63.2 Å². The van der Waals surface area contributed by atoms with Gasteiger partial charge in [0.1, 0.15) is 18.1 Å². The second-order valence-corrected chi connectivity index (χ2v) is 5.86. The minimum atomic E-state index is -0.520. The molecule has 0 aliphatic heterocycles. The number of hydrogen-bond acceptors (Lipinski definition) is 6. The molecular formula is C23H28O6. The molecule has 2 aromatic carbocycles. The van der Waals surface area contributed by atoms with Crippen LogP contribution in [0.4, 0.5) is 0 Å². The first kappa shape index (κ1) is 22.5. The second kappa shape index (κ2) is 12.6. The van der Waals surface area contributed by atoms with Gasteiger partial charge in [-0.3, -0.25) is 0 Å². The quantitative estimate of drug-likeness (QED) is 0.227. The van der Waals surface area contributed by atoms with Crippen molar-refractivity contribution >= 4 is 12.0 Å². The van der Waals surface area contributed by atoms with Gasteiger partial charge in [-0.25, -0.2) is 4.79 Å². The molecule has 0 heterocycles. The summed E-state index contributed by atoms with van der Waals surface area (Å²) in [6.07, 6.45) is 1.23. The van der Waals surface area contributed by atoms with E-state index in [-0.39, 0.29) is 12.4 Å². The van der Waals surface area contributed by atoms with Crippen LogP contribution >= 0.6 is 0 Å². The van der Waals surface area contributed by atoms with E-state index in [1.54, 1.807) is 25.1 Å². The molecule has 0 bridgehead atoms. The average molecular weight is 400 g/mol. The number of carbonyl (C=O) groups is 1. The van der Waals surface area contributed by atoms with Crippen molar-refractivity contribution in [3.8, 4) is 11.5 Å². The highest BCUT2D eigenvalue weighted by molar-refractivity contribution is 5.92. The molecule has 2 aromatic rings. The monoisotopic (exact) mass is 400 g/mol. The maximum atomic E-state index is 12.3. The third-order valence-electron chi connectivity index (χ3n) is 3.72. The fourth-order valence-corrected chi connectivity index (χ4v) is 2.44. The van der Waals surface area contributed by atoms with Gasteiger partial charge >= 0.3 is 5.97 Å². The van der Waals surface area contributed by atoms with E-state index in [1.165, 1.54) is 0 Å². The zero-order chi connectivity index (χ0) is 20.9. The van der Waals surface area contributed by atoms with Crippen LogP contribution in [0, 0.1) is 0 Å². The minimum Gasteiger partial charge on any atom is -0.488 e. The smallest absolute Gasteiger partial charge is 0.374 e. The lowest BCUT2D eigenvalue weighted by Crippen LogP contribution is -2.25. The molecular weight excluding hydrogens is 372 g/mol. The van der Waals surface area contributed by atoms with Gasteiger partial charge in [0.05, 0.1) is 6.61 Å². The summed E-state index contributed by atoms with van der Waals surface area (Å²) in [4.78, 5) is 12.3. The Morgan fingerprint density at radius 2 is 1.52 bits per heavy atom. The third kappa shape index (κ3) is 7.97. The molecule has 29 heavy (non-hydrogen) atoms. The van der Waals surface area contributed by atoms with Crippen LogP contribution in [0.3, 0.4) is 0 Å². The van der Waals surface area contributed by atoms with E-state index >= 15 is 0 Å². The highest BCUT2D eigenvalue weighted by atomic mass is 16.7. The third-order valence-corrected chi connectivity index (χ3v) is 3.72. The first-order valence-electron chi connectivity index (χ1n) is 9.74. The van der Waals surface area contributed by atoms with Gasteiger partial charge in [0.2, 0.25) is 5.76 Å². The van der Waals surface area contributed by atoms with Crippen molar-refractivity contribution in [2.75, 3.05) is 26.4 Å². The number of rotatable bonds is 12. The van der Waals surface area contributed by atoms with Gasteiger partial charge in [-0.1, -0.05) is 30.3 Å². The molecule has 0 fully saturated rings. The molecule has 156 valence electrons. The van der Waals surface area contributed by atoms with Gasteiger partial charge < -0.3 is 23.7 Å². The lowest BCUT2D eigenvalue weighted by molar-refractivity contribution is -0.152. The molecule has 0 saturated heterocycles. The SMILES string of the molecule is CCOC(=O)C(=Cc1ccc(OCC(OCC)OCC)cc1)Oc1ccccc1. The number of benzene rings is 2. The lowest BCUT2D eigenvalue weighted by Gasteiger charge is -2.17. The van der Waals surface area contributed by atoms with Gasteiger partial charge in [-0.05, 0) is 56.7 Å². The number of hydrogen-bond donors (Lipinski definition) is 0. The molecule has 0 amide bonds. The molecule has 0 aromatic heterocycles. The van der Waals surface area contributed by atoms with E-state index < -0.39 is 12.3 Å². The van der Waals surface area contributed by atoms with E-state index in [9.17, 15) is 4.79 Å². The van der Waals surface area contributed by atoms with Crippen molar-refractivity contribution in [2.45, 2.75) is 27.1 Å². The summed E-state index contributed by atoms with van der Waals surface area (Å²) in [6, 6.07) is 16.4. The minimum absolute atomic E-state index is 0.111. The van der Waals surface area contributed by atoms with Gasteiger partial charge in [0, 0.05) is 13.2 Å². The Morgan fingerprint density at radius 3 is 2.10 bits per heavy atom. The van der Waals surface area contributed by atoms with E-state index in [4.69, 9.17) is 23.7 Å². The second-order valence-electron chi connectivity index (χ2n) is 5.86. The first-order chi connectivity index (χ1) is 14.2. The number of carbonyl (C=O) groups excluding carboxylic acids is 1. The summed E-state index contributed by atoms with van der Waals surface area (Å²) < 4.78 is 27.5. The van der Waals surface area contributed by atoms with Gasteiger partial charge in [-0.2, -0.15) is 0 Å². The van der Waals surface area contributed by atoms with Crippen LogP contribution in [0.1, 0.15) is 26.3 Å². The van der Waals surface area contributed by atoms with Crippen molar-refractivity contribution < 1.29 is 28.5 Å². The molecule has 0 saturated carbocycles. The number of ether oxygens (including phenoxy) is 5. The van der Waals surface area contributed by atoms with Crippen LogP contribution in [0.5, 0.6) is 11.5 Å². The maximum Gasteiger partial charge on any atom is 0.374 e. The summed E-state index contributed by atoms with van der Waals surface area (Å²) in [7, 11) is 0. The van der Waals surface area contributed by atoms with Crippen LogP contribution < -0.4 is 9.47 Å². The summed E-state index contributed by atoms with van der Waals surface area (Å²) in [5.41, 5.74) is 0.780. The summed E-state index contributed by atoms with van der Waals surface area (Å²) >= 11 is 0. The summed E-state index contributed by atoms with van der Waals surface area (Å²) in [6.45, 7) is 7.23. The first-order valence-corrected chi connectivity index (χ1v) is 9.74. The molecule has 0 aliphatic rings. The van der Waals surface area contributed by atoms with Crippen molar-refractivity contribution in [2.24, 2.45) is 0 Å². The van der Waals surface area contributed by atoms with Crippen LogP contribution in [-0.4, -0.2) is 38.7 Å². The Bertz CT molecular complexity index is 749. The molecule has 0 aliphatic carbocycles. The predicted octanol–water partition coefficient (Wildman–Crippen LogP) is 4.45. The van der Waals surface area contributed by atoms with Crippen molar-refractivity contribution in [1.29, 1.82) is 0 Å². The zero-order valence-corrected chi connectivity index (χ0v) is 17.1. The molecule has 6 heteroatoms. The molecule has 0 unspecified atom stereocenters. The molecule has 0 atom stereocenters. The molecule has 6 nitrogen and oxygen atoms in total. The highest BCUT2D eigenvalue weighted by Crippen LogP contribution is 2.19. The fraction of sp³-hybridized carbons (Fsp3) is 0.348. The van der Waals surface area contributed by atoms with Gasteiger partial charge in [0.25, 0.3) is 0 Å². The number of para-hydroxylation sites is 1. The van der Waals surface area contributed by atoms with Crippen molar-refractivity contribution in [3.05, 3.63) is 65.9 Å². The van der Waals surface area contributed by atoms with E-state index in [0.29, 0.717) is 31.3 Å². The normalized spacial score (nSPS) is 11.4.